The number of nitrogens with one attached hydrogen (secondary N) is 1. The van der Waals surface area contributed by atoms with E-state index in [1.54, 1.807) is 0 Å². The lowest BCUT2D eigenvalue weighted by Crippen LogP contribution is -2.60. The van der Waals surface area contributed by atoms with Gasteiger partial charge in [0.2, 0.25) is 0 Å². The molecule has 2 fully saturated rings. The molecule has 0 aromatic heterocycles. The SMILES string of the molecule is CCCCCCCC(C)N1CCOC2CNCCC21. The molecule has 19 heavy (non-hydrogen) atoms. The van der Waals surface area contributed by atoms with E-state index in [0.717, 1.165) is 32.3 Å². The van der Waals surface area contributed by atoms with Gasteiger partial charge in [-0.05, 0) is 26.3 Å². The van der Waals surface area contributed by atoms with Crippen molar-refractivity contribution < 1.29 is 4.74 Å². The van der Waals surface area contributed by atoms with Crippen molar-refractivity contribution in [2.75, 3.05) is 26.2 Å². The Labute approximate surface area is 119 Å². The van der Waals surface area contributed by atoms with E-state index in [2.05, 4.69) is 24.1 Å². The lowest BCUT2D eigenvalue weighted by molar-refractivity contribution is -0.0947. The van der Waals surface area contributed by atoms with Crippen molar-refractivity contribution >= 4 is 0 Å². The predicted molar refractivity (Wildman–Crippen MR) is 80.6 cm³/mol. The van der Waals surface area contributed by atoms with Gasteiger partial charge in [0.25, 0.3) is 0 Å². The standard InChI is InChI=1S/C16H32N2O/c1-3-4-5-6-7-8-14(2)18-11-12-19-16-13-17-10-9-15(16)18/h14-17H,3-13H2,1-2H3. The minimum atomic E-state index is 0.435. The van der Waals surface area contributed by atoms with E-state index in [1.807, 2.05) is 0 Å². The summed E-state index contributed by atoms with van der Waals surface area (Å²) in [6.07, 6.45) is 10.0. The van der Waals surface area contributed by atoms with Crippen molar-refractivity contribution in [3.05, 3.63) is 0 Å². The van der Waals surface area contributed by atoms with Gasteiger partial charge >= 0.3 is 0 Å². The topological polar surface area (TPSA) is 24.5 Å². The Morgan fingerprint density at radius 2 is 2.11 bits per heavy atom. The third-order valence-electron chi connectivity index (χ3n) is 4.79. The van der Waals surface area contributed by atoms with Gasteiger partial charge in [-0.15, -0.1) is 0 Å². The predicted octanol–water partition coefficient (Wildman–Crippen LogP) is 2.80. The molecule has 0 radical (unpaired) electrons. The zero-order valence-electron chi connectivity index (χ0n) is 12.9. The maximum Gasteiger partial charge on any atom is 0.0855 e. The number of piperidine rings is 1. The average Bonchev–Trinajstić information content (AvgIpc) is 2.46. The molecule has 3 unspecified atom stereocenters. The first-order chi connectivity index (χ1) is 9.33. The first kappa shape index (κ1) is 15.3. The van der Waals surface area contributed by atoms with Crippen LogP contribution in [0.15, 0.2) is 0 Å². The third-order valence-corrected chi connectivity index (χ3v) is 4.79. The van der Waals surface area contributed by atoms with E-state index < -0.39 is 0 Å². The van der Waals surface area contributed by atoms with E-state index in [-0.39, 0.29) is 0 Å². The smallest absolute Gasteiger partial charge is 0.0855 e. The number of fused-ring (bicyclic) bond motifs is 1. The second kappa shape index (κ2) is 8.23. The molecular weight excluding hydrogens is 236 g/mol. The van der Waals surface area contributed by atoms with Crippen LogP contribution in [0.4, 0.5) is 0 Å². The number of hydrogen-bond acceptors (Lipinski definition) is 3. The highest BCUT2D eigenvalue weighted by atomic mass is 16.5. The summed E-state index contributed by atoms with van der Waals surface area (Å²) in [5.74, 6) is 0. The maximum absolute atomic E-state index is 5.92. The zero-order valence-corrected chi connectivity index (χ0v) is 12.9. The van der Waals surface area contributed by atoms with Gasteiger partial charge in [0.05, 0.1) is 12.7 Å². The third kappa shape index (κ3) is 4.44. The van der Waals surface area contributed by atoms with Crippen LogP contribution in [-0.2, 0) is 4.74 Å². The Kier molecular flexibility index (Phi) is 6.62. The van der Waals surface area contributed by atoms with Gasteiger partial charge < -0.3 is 10.1 Å². The van der Waals surface area contributed by atoms with Crippen molar-refractivity contribution in [3.8, 4) is 0 Å². The van der Waals surface area contributed by atoms with Crippen molar-refractivity contribution in [2.24, 2.45) is 0 Å². The number of hydrogen-bond donors (Lipinski definition) is 1. The van der Waals surface area contributed by atoms with Crippen LogP contribution >= 0.6 is 0 Å². The molecule has 3 heteroatoms. The van der Waals surface area contributed by atoms with E-state index in [4.69, 9.17) is 4.74 Å². The monoisotopic (exact) mass is 268 g/mol. The summed E-state index contributed by atoms with van der Waals surface area (Å²) >= 11 is 0. The Balaban J connectivity index is 1.72. The molecule has 0 bridgehead atoms. The van der Waals surface area contributed by atoms with E-state index >= 15 is 0 Å². The van der Waals surface area contributed by atoms with Crippen molar-refractivity contribution in [2.45, 2.75) is 77.0 Å². The summed E-state index contributed by atoms with van der Waals surface area (Å²) in [5.41, 5.74) is 0. The number of ether oxygens (including phenoxy) is 1. The van der Waals surface area contributed by atoms with Crippen LogP contribution in [0.25, 0.3) is 0 Å². The van der Waals surface area contributed by atoms with Crippen LogP contribution in [-0.4, -0.2) is 49.3 Å². The van der Waals surface area contributed by atoms with Gasteiger partial charge in [-0.1, -0.05) is 39.0 Å². The largest absolute Gasteiger partial charge is 0.374 e. The molecular formula is C16H32N2O. The molecule has 0 aliphatic carbocycles. The number of morpholine rings is 1. The summed E-state index contributed by atoms with van der Waals surface area (Å²) in [7, 11) is 0. The molecule has 2 aliphatic heterocycles. The van der Waals surface area contributed by atoms with Crippen LogP contribution in [0.2, 0.25) is 0 Å². The quantitative estimate of drug-likeness (QED) is 0.719. The van der Waals surface area contributed by atoms with Crippen LogP contribution in [0, 0.1) is 0 Å². The van der Waals surface area contributed by atoms with Gasteiger partial charge in [-0.25, -0.2) is 0 Å². The normalized spacial score (nSPS) is 30.0. The fourth-order valence-corrected chi connectivity index (χ4v) is 3.60. The van der Waals surface area contributed by atoms with E-state index in [9.17, 15) is 0 Å². The number of unbranched alkanes of at least 4 members (excludes halogenated alkanes) is 4. The lowest BCUT2D eigenvalue weighted by Gasteiger charge is -2.46. The van der Waals surface area contributed by atoms with Gasteiger partial charge in [0.15, 0.2) is 0 Å². The van der Waals surface area contributed by atoms with Crippen molar-refractivity contribution in [3.63, 3.8) is 0 Å². The van der Waals surface area contributed by atoms with Crippen LogP contribution in [0.1, 0.15) is 58.8 Å². The molecule has 3 atom stereocenters. The highest BCUT2D eigenvalue weighted by Crippen LogP contribution is 2.24. The minimum absolute atomic E-state index is 0.435. The number of nitrogens with zero attached hydrogens (tertiary/aromatic N) is 1. The molecule has 2 aliphatic rings. The van der Waals surface area contributed by atoms with E-state index in [1.165, 1.54) is 44.9 Å². The Hall–Kier alpha value is -0.120. The molecule has 0 amide bonds. The maximum atomic E-state index is 5.92. The summed E-state index contributed by atoms with van der Waals surface area (Å²) in [6, 6.07) is 1.40. The Morgan fingerprint density at radius 1 is 1.26 bits per heavy atom. The lowest BCUT2D eigenvalue weighted by atomic mass is 9.96. The molecule has 1 N–H and O–H groups in total. The van der Waals surface area contributed by atoms with E-state index in [0.29, 0.717) is 12.1 Å². The fourth-order valence-electron chi connectivity index (χ4n) is 3.60. The second-order valence-electron chi connectivity index (χ2n) is 6.26. The Bertz CT molecular complexity index is 245. The molecule has 0 spiro atoms. The molecule has 0 saturated carbocycles. The second-order valence-corrected chi connectivity index (χ2v) is 6.26. The average molecular weight is 268 g/mol. The van der Waals surface area contributed by atoms with Gasteiger partial charge in [0.1, 0.15) is 0 Å². The van der Waals surface area contributed by atoms with Crippen LogP contribution < -0.4 is 5.32 Å². The molecule has 0 aromatic carbocycles. The molecule has 0 aromatic rings. The van der Waals surface area contributed by atoms with Gasteiger partial charge in [-0.2, -0.15) is 0 Å². The Morgan fingerprint density at radius 3 is 2.95 bits per heavy atom. The fraction of sp³-hybridized carbons (Fsp3) is 1.00. The number of rotatable bonds is 7. The van der Waals surface area contributed by atoms with Crippen LogP contribution in [0.3, 0.4) is 0 Å². The van der Waals surface area contributed by atoms with Gasteiger partial charge in [-0.3, -0.25) is 4.90 Å². The van der Waals surface area contributed by atoms with Crippen molar-refractivity contribution in [1.29, 1.82) is 0 Å². The zero-order chi connectivity index (χ0) is 13.5. The van der Waals surface area contributed by atoms with Crippen molar-refractivity contribution in [1.82, 2.24) is 10.2 Å². The molecule has 2 heterocycles. The summed E-state index contributed by atoms with van der Waals surface area (Å²) in [5, 5.41) is 3.46. The summed E-state index contributed by atoms with van der Waals surface area (Å²) in [6.45, 7) is 8.97. The minimum Gasteiger partial charge on any atom is -0.374 e. The highest BCUT2D eigenvalue weighted by Gasteiger charge is 2.35. The molecule has 112 valence electrons. The van der Waals surface area contributed by atoms with Gasteiger partial charge in [0, 0.05) is 25.2 Å². The summed E-state index contributed by atoms with van der Waals surface area (Å²) in [4.78, 5) is 2.73. The molecule has 3 nitrogen and oxygen atoms in total. The molecule has 2 saturated heterocycles. The first-order valence-electron chi connectivity index (χ1n) is 8.41. The first-order valence-corrected chi connectivity index (χ1v) is 8.41. The highest BCUT2D eigenvalue weighted by molar-refractivity contribution is 4.91. The summed E-state index contributed by atoms with van der Waals surface area (Å²) < 4.78 is 5.92. The molecule has 2 rings (SSSR count). The van der Waals surface area contributed by atoms with Crippen LogP contribution in [0.5, 0.6) is 0 Å².